The Morgan fingerprint density at radius 1 is 1.50 bits per heavy atom. The first-order valence-electron chi connectivity index (χ1n) is 3.04. The van der Waals surface area contributed by atoms with E-state index in [0.717, 1.165) is 13.0 Å². The molecule has 0 aromatic heterocycles. The van der Waals surface area contributed by atoms with Crippen LogP contribution >= 0.6 is 0 Å². The molecule has 68 valence electrons. The Hall–Kier alpha value is 0.830. The molecule has 1 heterocycles. The van der Waals surface area contributed by atoms with Gasteiger partial charge in [-0.25, -0.2) is 0 Å². The van der Waals surface area contributed by atoms with Crippen LogP contribution < -0.4 is 29.6 Å². The van der Waals surface area contributed by atoms with Crippen molar-refractivity contribution in [2.24, 2.45) is 0 Å². The van der Waals surface area contributed by atoms with Crippen molar-refractivity contribution in [1.82, 2.24) is 0 Å². The Morgan fingerprint density at radius 2 is 1.92 bits per heavy atom. The van der Waals surface area contributed by atoms with Gasteiger partial charge in [0.05, 0.1) is 0 Å². The van der Waals surface area contributed by atoms with Crippen molar-refractivity contribution in [2.45, 2.75) is 19.4 Å². The van der Waals surface area contributed by atoms with Crippen molar-refractivity contribution in [3.8, 4) is 0 Å². The van der Waals surface area contributed by atoms with Crippen molar-refractivity contribution < 1.29 is 51.8 Å². The molecule has 0 bridgehead atoms. The zero-order valence-corrected chi connectivity index (χ0v) is 9.91. The summed E-state index contributed by atoms with van der Waals surface area (Å²) in [7, 11) is -4.67. The van der Waals surface area contributed by atoms with E-state index in [1.165, 1.54) is 0 Å². The second kappa shape index (κ2) is 7.25. The van der Waals surface area contributed by atoms with Gasteiger partial charge in [0.2, 0.25) is 0 Å². The van der Waals surface area contributed by atoms with Crippen LogP contribution in [0.5, 0.6) is 0 Å². The van der Waals surface area contributed by atoms with Gasteiger partial charge in [-0.15, -0.1) is 0 Å². The molecule has 1 fully saturated rings. The molecule has 1 saturated heterocycles. The zero-order chi connectivity index (χ0) is 8.91. The molecule has 1 aliphatic heterocycles. The Kier molecular flexibility index (Phi) is 9.25. The molecule has 2 N–H and O–H groups in total. The first-order chi connectivity index (χ1) is 4.89. The first kappa shape index (κ1) is 15.3. The molecule has 0 radical (unpaired) electrons. The molecule has 0 amide bonds. The average molecular weight is 206 g/mol. The predicted molar refractivity (Wildman–Crippen MR) is 38.5 cm³/mol. The summed E-state index contributed by atoms with van der Waals surface area (Å²) in [5, 5.41) is 0. The molecule has 1 rings (SSSR count). The normalized spacial score (nSPS) is 22.1. The van der Waals surface area contributed by atoms with Crippen LogP contribution in [-0.4, -0.2) is 30.2 Å². The quantitative estimate of drug-likeness (QED) is 0.257. The smallest absolute Gasteiger partial charge is 0.413 e. The minimum Gasteiger partial charge on any atom is -0.413 e. The van der Waals surface area contributed by atoms with Crippen LogP contribution in [0.2, 0.25) is 0 Å². The monoisotopic (exact) mass is 206 g/mol. The fourth-order valence-electron chi connectivity index (χ4n) is 0.625. The van der Waals surface area contributed by atoms with Crippen molar-refractivity contribution in [1.29, 1.82) is 0 Å². The van der Waals surface area contributed by atoms with Gasteiger partial charge in [0, 0.05) is 6.61 Å². The van der Waals surface area contributed by atoms with E-state index in [4.69, 9.17) is 22.3 Å². The largest absolute Gasteiger partial charge is 1.00 e. The molecule has 7 heteroatoms. The Bertz CT molecular complexity index is 176. The maximum Gasteiger partial charge on any atom is 1.00 e. The average Bonchev–Trinajstić information content (AvgIpc) is 2.12. The van der Waals surface area contributed by atoms with Gasteiger partial charge in [-0.2, -0.15) is 14.8 Å². The third kappa shape index (κ3) is 17.1. The van der Waals surface area contributed by atoms with Gasteiger partial charge in [0.25, 0.3) is 0 Å². The number of ether oxygens (including phenoxy) is 1. The van der Waals surface area contributed by atoms with E-state index in [1.54, 1.807) is 0 Å². The van der Waals surface area contributed by atoms with Crippen LogP contribution in [0.3, 0.4) is 0 Å². The maximum atomic E-state index is 8.74. The molecule has 12 heavy (non-hydrogen) atoms. The standard InChI is InChI=1S/C5H9O.Na.H2O4S/c1-5-3-2-4-6-5;;1-5(2,3)4/h3,5H,2,4H2,1H3;;(H2,1,2,3,4)/q-1;+1;. The van der Waals surface area contributed by atoms with Crippen LogP contribution in [0.1, 0.15) is 13.3 Å². The third-order valence-electron chi connectivity index (χ3n) is 0.997. The van der Waals surface area contributed by atoms with Gasteiger partial charge in [-0.1, -0.05) is 13.0 Å². The number of hydrogen-bond donors (Lipinski definition) is 2. The van der Waals surface area contributed by atoms with Crippen LogP contribution in [0.15, 0.2) is 0 Å². The van der Waals surface area contributed by atoms with Crippen LogP contribution in [0.4, 0.5) is 0 Å². The van der Waals surface area contributed by atoms with Gasteiger partial charge in [0.15, 0.2) is 0 Å². The summed E-state index contributed by atoms with van der Waals surface area (Å²) < 4.78 is 36.7. The summed E-state index contributed by atoms with van der Waals surface area (Å²) in [5.74, 6) is 0. The van der Waals surface area contributed by atoms with Crippen molar-refractivity contribution in [3.63, 3.8) is 0 Å². The molecule has 0 aliphatic carbocycles. The first-order valence-corrected chi connectivity index (χ1v) is 4.44. The van der Waals surface area contributed by atoms with E-state index in [9.17, 15) is 0 Å². The Morgan fingerprint density at radius 3 is 2.00 bits per heavy atom. The van der Waals surface area contributed by atoms with Gasteiger partial charge in [0.1, 0.15) is 0 Å². The van der Waals surface area contributed by atoms with Crippen molar-refractivity contribution >= 4 is 10.4 Å². The summed E-state index contributed by atoms with van der Waals surface area (Å²) in [6.07, 6.45) is 3.74. The van der Waals surface area contributed by atoms with E-state index >= 15 is 0 Å². The molecule has 1 atom stereocenters. The maximum absolute atomic E-state index is 8.74. The second-order valence-electron chi connectivity index (χ2n) is 2.05. The summed E-state index contributed by atoms with van der Waals surface area (Å²) in [6.45, 7) is 2.99. The van der Waals surface area contributed by atoms with Crippen LogP contribution in [0, 0.1) is 6.42 Å². The van der Waals surface area contributed by atoms with Crippen molar-refractivity contribution in [2.75, 3.05) is 6.61 Å². The Balaban J connectivity index is 0. The number of hydrogen-bond acceptors (Lipinski definition) is 3. The molecule has 0 aromatic rings. The zero-order valence-electron chi connectivity index (χ0n) is 7.10. The fraction of sp³-hybridized carbons (Fsp3) is 0.800. The van der Waals surface area contributed by atoms with Gasteiger partial charge < -0.3 is 4.74 Å². The third-order valence-corrected chi connectivity index (χ3v) is 0.997. The molecular weight excluding hydrogens is 195 g/mol. The van der Waals surface area contributed by atoms with E-state index in [-0.39, 0.29) is 29.6 Å². The molecule has 0 spiro atoms. The van der Waals surface area contributed by atoms with Gasteiger partial charge in [-0.05, 0) is 0 Å². The Labute approximate surface area is 94.4 Å². The SMILES string of the molecule is CC1[CH-]CCO1.O=S(=O)(O)O.[Na+]. The minimum atomic E-state index is -4.67. The molecule has 1 aliphatic rings. The summed E-state index contributed by atoms with van der Waals surface area (Å²) in [5.41, 5.74) is 0. The van der Waals surface area contributed by atoms with Crippen LogP contribution in [0.25, 0.3) is 0 Å². The molecular formula is C5H11NaO5S. The van der Waals surface area contributed by atoms with E-state index in [0.29, 0.717) is 6.10 Å². The van der Waals surface area contributed by atoms with Gasteiger partial charge >= 0.3 is 40.0 Å². The number of rotatable bonds is 0. The van der Waals surface area contributed by atoms with Crippen LogP contribution in [-0.2, 0) is 15.1 Å². The molecule has 0 aromatic carbocycles. The molecule has 1 unspecified atom stereocenters. The molecule has 5 nitrogen and oxygen atoms in total. The van der Waals surface area contributed by atoms with Crippen molar-refractivity contribution in [3.05, 3.63) is 6.42 Å². The van der Waals surface area contributed by atoms with E-state index in [2.05, 4.69) is 13.3 Å². The molecule has 0 saturated carbocycles. The topological polar surface area (TPSA) is 83.8 Å². The summed E-state index contributed by atoms with van der Waals surface area (Å²) in [4.78, 5) is 0. The minimum absolute atomic E-state index is 0. The second-order valence-corrected chi connectivity index (χ2v) is 2.94. The summed E-state index contributed by atoms with van der Waals surface area (Å²) in [6, 6.07) is 0. The predicted octanol–water partition coefficient (Wildman–Crippen LogP) is -2.65. The van der Waals surface area contributed by atoms with E-state index < -0.39 is 10.4 Å². The van der Waals surface area contributed by atoms with Gasteiger partial charge in [-0.3, -0.25) is 15.5 Å². The fourth-order valence-corrected chi connectivity index (χ4v) is 0.625. The van der Waals surface area contributed by atoms with E-state index in [1.807, 2.05) is 0 Å². The summed E-state index contributed by atoms with van der Waals surface area (Å²) >= 11 is 0.